The average Bonchev–Trinajstić information content (AvgIpc) is 2.55. The molecular formula is C16H18FN3O4. The van der Waals surface area contributed by atoms with Gasteiger partial charge in [0.2, 0.25) is 5.91 Å². The summed E-state index contributed by atoms with van der Waals surface area (Å²) in [5.41, 5.74) is -0.565. The van der Waals surface area contributed by atoms with Crippen molar-refractivity contribution in [2.45, 2.75) is 20.0 Å². The third kappa shape index (κ3) is 4.09. The molecule has 0 radical (unpaired) electrons. The van der Waals surface area contributed by atoms with Gasteiger partial charge in [-0.25, -0.2) is 9.18 Å². The Morgan fingerprint density at radius 3 is 2.67 bits per heavy atom. The predicted molar refractivity (Wildman–Crippen MR) is 85.4 cm³/mol. The van der Waals surface area contributed by atoms with E-state index in [0.717, 1.165) is 4.57 Å². The summed E-state index contributed by atoms with van der Waals surface area (Å²) in [6.07, 6.45) is 1.26. The van der Waals surface area contributed by atoms with E-state index < -0.39 is 17.1 Å². The third-order valence-corrected chi connectivity index (χ3v) is 3.53. The molecule has 1 aromatic heterocycles. The van der Waals surface area contributed by atoms with Crippen molar-refractivity contribution in [2.24, 2.45) is 0 Å². The SMILES string of the molecule is CCN(Cc1ccc(OC)c(F)c1)C(=O)Cn1ccc(=O)[nH]c1=O. The zero-order valence-electron chi connectivity index (χ0n) is 13.4. The van der Waals surface area contributed by atoms with Crippen LogP contribution in [-0.2, 0) is 17.9 Å². The van der Waals surface area contributed by atoms with Crippen LogP contribution in [0.2, 0.25) is 0 Å². The van der Waals surface area contributed by atoms with Crippen LogP contribution in [0, 0.1) is 5.82 Å². The Morgan fingerprint density at radius 2 is 2.08 bits per heavy atom. The maximum Gasteiger partial charge on any atom is 0.328 e. The number of hydrogen-bond donors (Lipinski definition) is 1. The fourth-order valence-corrected chi connectivity index (χ4v) is 2.22. The number of H-pyrrole nitrogens is 1. The molecule has 2 aromatic rings. The summed E-state index contributed by atoms with van der Waals surface area (Å²) in [4.78, 5) is 38.6. The molecule has 8 heteroatoms. The number of likely N-dealkylation sites (N-methyl/N-ethyl adjacent to an activating group) is 1. The number of amides is 1. The van der Waals surface area contributed by atoms with Crippen molar-refractivity contribution in [1.29, 1.82) is 0 Å². The van der Waals surface area contributed by atoms with Gasteiger partial charge in [-0.2, -0.15) is 0 Å². The zero-order valence-corrected chi connectivity index (χ0v) is 13.4. The van der Waals surface area contributed by atoms with Crippen molar-refractivity contribution < 1.29 is 13.9 Å². The van der Waals surface area contributed by atoms with E-state index in [4.69, 9.17) is 4.74 Å². The van der Waals surface area contributed by atoms with Gasteiger partial charge >= 0.3 is 5.69 Å². The number of aromatic amines is 1. The molecule has 0 bridgehead atoms. The van der Waals surface area contributed by atoms with Gasteiger partial charge in [0.05, 0.1) is 7.11 Å². The van der Waals surface area contributed by atoms with E-state index in [0.29, 0.717) is 12.1 Å². The largest absolute Gasteiger partial charge is 0.494 e. The fourth-order valence-electron chi connectivity index (χ4n) is 2.22. The van der Waals surface area contributed by atoms with Crippen molar-refractivity contribution in [3.05, 3.63) is 62.7 Å². The van der Waals surface area contributed by atoms with Crippen molar-refractivity contribution in [2.75, 3.05) is 13.7 Å². The number of halogens is 1. The van der Waals surface area contributed by atoms with Gasteiger partial charge in [0, 0.05) is 25.4 Å². The first-order chi connectivity index (χ1) is 11.4. The van der Waals surface area contributed by atoms with Gasteiger partial charge in [-0.1, -0.05) is 6.07 Å². The molecule has 0 saturated heterocycles. The number of rotatable bonds is 6. The van der Waals surface area contributed by atoms with E-state index in [2.05, 4.69) is 4.98 Å². The molecule has 7 nitrogen and oxygen atoms in total. The molecule has 0 spiro atoms. The standard InChI is InChI=1S/C16H18FN3O4/c1-3-19(9-11-4-5-13(24-2)12(17)8-11)15(22)10-20-7-6-14(21)18-16(20)23/h4-8H,3,9-10H2,1-2H3,(H,18,21,23). The molecule has 1 amide bonds. The number of hydrogen-bond acceptors (Lipinski definition) is 4. The Bertz CT molecular complexity index is 844. The minimum Gasteiger partial charge on any atom is -0.494 e. The van der Waals surface area contributed by atoms with E-state index in [9.17, 15) is 18.8 Å². The summed E-state index contributed by atoms with van der Waals surface area (Å²) >= 11 is 0. The Kier molecular flexibility index (Phi) is 5.51. The lowest BCUT2D eigenvalue weighted by molar-refractivity contribution is -0.132. The molecule has 0 saturated carbocycles. The molecule has 1 N–H and O–H groups in total. The highest BCUT2D eigenvalue weighted by Gasteiger charge is 2.14. The van der Waals surface area contributed by atoms with Crippen LogP contribution in [0.5, 0.6) is 5.75 Å². The summed E-state index contributed by atoms with van der Waals surface area (Å²) in [6.45, 7) is 2.18. The molecule has 128 valence electrons. The number of carbonyl (C=O) groups is 1. The topological polar surface area (TPSA) is 84.4 Å². The fraction of sp³-hybridized carbons (Fsp3) is 0.312. The maximum absolute atomic E-state index is 13.7. The highest BCUT2D eigenvalue weighted by molar-refractivity contribution is 5.76. The molecule has 0 unspecified atom stereocenters. The number of benzene rings is 1. The smallest absolute Gasteiger partial charge is 0.328 e. The summed E-state index contributed by atoms with van der Waals surface area (Å²) in [7, 11) is 1.38. The lowest BCUT2D eigenvalue weighted by atomic mass is 10.2. The molecule has 0 aliphatic carbocycles. The lowest BCUT2D eigenvalue weighted by Gasteiger charge is -2.21. The van der Waals surface area contributed by atoms with E-state index in [1.807, 2.05) is 0 Å². The number of nitrogens with one attached hydrogen (secondary N) is 1. The number of methoxy groups -OCH3 is 1. The molecule has 0 aliphatic heterocycles. The number of aromatic nitrogens is 2. The quantitative estimate of drug-likeness (QED) is 0.843. The Balaban J connectivity index is 2.12. The molecule has 1 heterocycles. The van der Waals surface area contributed by atoms with E-state index in [1.54, 1.807) is 13.0 Å². The Morgan fingerprint density at radius 1 is 1.33 bits per heavy atom. The Hall–Kier alpha value is -2.90. The van der Waals surface area contributed by atoms with Gasteiger partial charge in [-0.3, -0.25) is 19.1 Å². The lowest BCUT2D eigenvalue weighted by Crippen LogP contribution is -2.37. The molecule has 0 atom stereocenters. The molecule has 24 heavy (non-hydrogen) atoms. The van der Waals surface area contributed by atoms with Gasteiger partial charge in [-0.05, 0) is 24.6 Å². The second kappa shape index (κ2) is 7.58. The highest BCUT2D eigenvalue weighted by Crippen LogP contribution is 2.18. The van der Waals surface area contributed by atoms with Gasteiger partial charge < -0.3 is 9.64 Å². The van der Waals surface area contributed by atoms with Crippen LogP contribution in [0.1, 0.15) is 12.5 Å². The van der Waals surface area contributed by atoms with Crippen molar-refractivity contribution in [3.8, 4) is 5.75 Å². The number of nitrogens with zero attached hydrogens (tertiary/aromatic N) is 2. The first kappa shape index (κ1) is 17.5. The summed E-state index contributed by atoms with van der Waals surface area (Å²) in [6, 6.07) is 5.64. The normalized spacial score (nSPS) is 10.5. The molecule has 0 aliphatic rings. The minimum atomic E-state index is -0.651. The van der Waals surface area contributed by atoms with Crippen LogP contribution in [-0.4, -0.2) is 34.0 Å². The van der Waals surface area contributed by atoms with Crippen molar-refractivity contribution >= 4 is 5.91 Å². The van der Waals surface area contributed by atoms with Crippen molar-refractivity contribution in [3.63, 3.8) is 0 Å². The van der Waals surface area contributed by atoms with Gasteiger partial charge in [0.1, 0.15) is 6.54 Å². The first-order valence-corrected chi connectivity index (χ1v) is 7.34. The number of carbonyl (C=O) groups excluding carboxylic acids is 1. The second-order valence-corrected chi connectivity index (χ2v) is 5.11. The van der Waals surface area contributed by atoms with Gasteiger partial charge in [0.25, 0.3) is 5.56 Å². The third-order valence-electron chi connectivity index (χ3n) is 3.53. The number of ether oxygens (including phenoxy) is 1. The van der Waals surface area contributed by atoms with Crippen LogP contribution in [0.3, 0.4) is 0 Å². The zero-order chi connectivity index (χ0) is 17.7. The first-order valence-electron chi connectivity index (χ1n) is 7.34. The molecular weight excluding hydrogens is 317 g/mol. The monoisotopic (exact) mass is 335 g/mol. The van der Waals surface area contributed by atoms with E-state index >= 15 is 0 Å². The summed E-state index contributed by atoms with van der Waals surface area (Å²) in [5, 5.41) is 0. The average molecular weight is 335 g/mol. The molecule has 1 aromatic carbocycles. The van der Waals surface area contributed by atoms with Crippen molar-refractivity contribution in [1.82, 2.24) is 14.5 Å². The summed E-state index contributed by atoms with van der Waals surface area (Å²) in [5.74, 6) is -0.689. The van der Waals surface area contributed by atoms with Gasteiger partial charge in [-0.15, -0.1) is 0 Å². The van der Waals surface area contributed by atoms with Crippen LogP contribution in [0.4, 0.5) is 4.39 Å². The van der Waals surface area contributed by atoms with E-state index in [-0.39, 0.29) is 24.7 Å². The second-order valence-electron chi connectivity index (χ2n) is 5.11. The molecule has 2 rings (SSSR count). The molecule has 0 fully saturated rings. The van der Waals surface area contributed by atoms with Crippen LogP contribution in [0.25, 0.3) is 0 Å². The van der Waals surface area contributed by atoms with E-state index in [1.165, 1.54) is 36.4 Å². The summed E-state index contributed by atoms with van der Waals surface area (Å²) < 4.78 is 19.7. The maximum atomic E-state index is 13.7. The van der Waals surface area contributed by atoms with Crippen LogP contribution < -0.4 is 16.0 Å². The minimum absolute atomic E-state index is 0.132. The highest BCUT2D eigenvalue weighted by atomic mass is 19.1. The Labute approximate surface area is 137 Å². The van der Waals surface area contributed by atoms with Crippen LogP contribution >= 0.6 is 0 Å². The van der Waals surface area contributed by atoms with Gasteiger partial charge in [0.15, 0.2) is 11.6 Å². The van der Waals surface area contributed by atoms with Crippen LogP contribution in [0.15, 0.2) is 40.1 Å². The predicted octanol–water partition coefficient (Wildman–Crippen LogP) is 0.733.